The standard InChI is InChI=1S/C19H22N6OS/c20-18(24-8-10-25(11-9-24)19-21-6-3-7-22-19)23-13-15(26)17-12-14-4-1-2-5-16(14)27-17/h1-7,12,15,26H,8-11,13H2,(H2,20,23). The third kappa shape index (κ3) is 4.01. The summed E-state index contributed by atoms with van der Waals surface area (Å²) in [5.74, 6) is 1.22. The molecule has 1 atom stereocenters. The van der Waals surface area contributed by atoms with Crippen molar-refractivity contribution in [2.24, 2.45) is 10.7 Å². The Balaban J connectivity index is 1.34. The lowest BCUT2D eigenvalue weighted by Crippen LogP contribution is -2.51. The number of nitrogens with zero attached hydrogens (tertiary/aromatic N) is 5. The molecule has 2 aromatic heterocycles. The fraction of sp³-hybridized carbons (Fsp3) is 0.316. The number of benzene rings is 1. The minimum atomic E-state index is -0.639. The highest BCUT2D eigenvalue weighted by Crippen LogP contribution is 2.29. The maximum Gasteiger partial charge on any atom is 0.225 e. The van der Waals surface area contributed by atoms with Gasteiger partial charge in [-0.05, 0) is 23.6 Å². The van der Waals surface area contributed by atoms with Crippen LogP contribution in [0.5, 0.6) is 0 Å². The van der Waals surface area contributed by atoms with Gasteiger partial charge in [-0.15, -0.1) is 11.3 Å². The van der Waals surface area contributed by atoms with Gasteiger partial charge in [0, 0.05) is 48.1 Å². The molecule has 1 unspecified atom stereocenters. The number of aromatic nitrogens is 2. The van der Waals surface area contributed by atoms with E-state index in [1.165, 1.54) is 4.70 Å². The van der Waals surface area contributed by atoms with Crippen molar-refractivity contribution < 1.29 is 5.11 Å². The molecule has 0 aliphatic carbocycles. The molecule has 1 aromatic carbocycles. The summed E-state index contributed by atoms with van der Waals surface area (Å²) in [7, 11) is 0. The number of rotatable bonds is 4. The number of piperazine rings is 1. The van der Waals surface area contributed by atoms with Gasteiger partial charge >= 0.3 is 0 Å². The first-order chi connectivity index (χ1) is 13.2. The van der Waals surface area contributed by atoms with Gasteiger partial charge < -0.3 is 20.6 Å². The molecular formula is C19H22N6OS. The summed E-state index contributed by atoms with van der Waals surface area (Å²) in [5.41, 5.74) is 6.15. The molecule has 3 heterocycles. The topological polar surface area (TPSA) is 90.9 Å². The van der Waals surface area contributed by atoms with Crippen molar-refractivity contribution in [2.75, 3.05) is 37.6 Å². The molecule has 1 saturated heterocycles. The molecular weight excluding hydrogens is 360 g/mol. The number of guanidine groups is 1. The second-order valence-corrected chi connectivity index (χ2v) is 7.54. The molecule has 8 heteroatoms. The normalized spacial score (nSPS) is 16.7. The van der Waals surface area contributed by atoms with E-state index in [4.69, 9.17) is 5.73 Å². The van der Waals surface area contributed by atoms with Gasteiger partial charge in [-0.3, -0.25) is 4.99 Å². The molecule has 0 saturated carbocycles. The number of aliphatic hydroxyl groups is 1. The minimum Gasteiger partial charge on any atom is -0.386 e. The van der Waals surface area contributed by atoms with Crippen LogP contribution in [0.25, 0.3) is 10.1 Å². The lowest BCUT2D eigenvalue weighted by atomic mass is 10.2. The number of aliphatic hydroxyl groups excluding tert-OH is 1. The highest BCUT2D eigenvalue weighted by Gasteiger charge is 2.20. The molecule has 27 heavy (non-hydrogen) atoms. The Morgan fingerprint density at radius 1 is 1.15 bits per heavy atom. The summed E-state index contributed by atoms with van der Waals surface area (Å²) in [6, 6.07) is 12.0. The number of anilines is 1. The summed E-state index contributed by atoms with van der Waals surface area (Å²) in [4.78, 5) is 18.1. The first-order valence-electron chi connectivity index (χ1n) is 8.94. The van der Waals surface area contributed by atoms with Crippen LogP contribution in [0.3, 0.4) is 0 Å². The summed E-state index contributed by atoms with van der Waals surface area (Å²) in [5, 5.41) is 11.6. The third-order valence-corrected chi connectivity index (χ3v) is 5.86. The molecule has 0 radical (unpaired) electrons. The fourth-order valence-electron chi connectivity index (χ4n) is 3.13. The monoisotopic (exact) mass is 382 g/mol. The van der Waals surface area contributed by atoms with Gasteiger partial charge in [0.2, 0.25) is 5.95 Å². The van der Waals surface area contributed by atoms with Crippen molar-refractivity contribution in [3.05, 3.63) is 53.7 Å². The van der Waals surface area contributed by atoms with Gasteiger partial charge in [0.1, 0.15) is 6.10 Å². The number of fused-ring (bicyclic) bond motifs is 1. The molecule has 7 nitrogen and oxygen atoms in total. The lowest BCUT2D eigenvalue weighted by Gasteiger charge is -2.35. The minimum absolute atomic E-state index is 0.265. The molecule has 3 aromatic rings. The molecule has 140 valence electrons. The van der Waals surface area contributed by atoms with E-state index in [2.05, 4.69) is 32.0 Å². The van der Waals surface area contributed by atoms with Crippen LogP contribution in [0, 0.1) is 0 Å². The van der Waals surface area contributed by atoms with Gasteiger partial charge in [-0.2, -0.15) is 0 Å². The van der Waals surface area contributed by atoms with Gasteiger partial charge in [-0.25, -0.2) is 9.97 Å². The van der Waals surface area contributed by atoms with Crippen LogP contribution in [0.15, 0.2) is 53.8 Å². The number of hydrogen-bond donors (Lipinski definition) is 2. The maximum absolute atomic E-state index is 10.5. The predicted octanol–water partition coefficient (Wildman–Crippen LogP) is 1.86. The van der Waals surface area contributed by atoms with Crippen LogP contribution < -0.4 is 10.6 Å². The Morgan fingerprint density at radius 2 is 1.89 bits per heavy atom. The zero-order valence-corrected chi connectivity index (χ0v) is 15.7. The predicted molar refractivity (Wildman–Crippen MR) is 109 cm³/mol. The van der Waals surface area contributed by atoms with Gasteiger partial charge in [0.15, 0.2) is 5.96 Å². The Bertz CT molecular complexity index is 887. The summed E-state index contributed by atoms with van der Waals surface area (Å²) in [6.45, 7) is 3.36. The van der Waals surface area contributed by atoms with Crippen molar-refractivity contribution >= 4 is 33.3 Å². The van der Waals surface area contributed by atoms with Gasteiger partial charge in [0.05, 0.1) is 6.54 Å². The highest BCUT2D eigenvalue weighted by molar-refractivity contribution is 7.19. The van der Waals surface area contributed by atoms with E-state index in [1.54, 1.807) is 23.7 Å². The lowest BCUT2D eigenvalue weighted by molar-refractivity contribution is 0.190. The zero-order valence-electron chi connectivity index (χ0n) is 14.9. The number of nitrogens with two attached hydrogens (primary N) is 1. The van der Waals surface area contributed by atoms with E-state index < -0.39 is 6.10 Å². The Morgan fingerprint density at radius 3 is 2.63 bits per heavy atom. The number of hydrogen-bond acceptors (Lipinski definition) is 6. The number of thiophene rings is 1. The quantitative estimate of drug-likeness (QED) is 0.529. The second kappa shape index (κ2) is 7.89. The van der Waals surface area contributed by atoms with Crippen molar-refractivity contribution in [3.8, 4) is 0 Å². The van der Waals surface area contributed by atoms with Gasteiger partial charge in [0.25, 0.3) is 0 Å². The van der Waals surface area contributed by atoms with Crippen LogP contribution >= 0.6 is 11.3 Å². The van der Waals surface area contributed by atoms with Crippen LogP contribution in [-0.4, -0.2) is 58.7 Å². The van der Waals surface area contributed by atoms with Crippen LogP contribution in [0.4, 0.5) is 5.95 Å². The Labute approximate surface area is 161 Å². The molecule has 1 aliphatic rings. The molecule has 0 bridgehead atoms. The molecule has 0 amide bonds. The van der Waals surface area contributed by atoms with E-state index in [-0.39, 0.29) is 6.54 Å². The molecule has 1 fully saturated rings. The first-order valence-corrected chi connectivity index (χ1v) is 9.76. The summed E-state index contributed by atoms with van der Waals surface area (Å²) < 4.78 is 1.17. The highest BCUT2D eigenvalue weighted by atomic mass is 32.1. The van der Waals surface area contributed by atoms with E-state index in [9.17, 15) is 5.11 Å². The molecule has 0 spiro atoms. The third-order valence-electron chi connectivity index (χ3n) is 4.64. The Kier molecular flexibility index (Phi) is 5.17. The smallest absolute Gasteiger partial charge is 0.225 e. The van der Waals surface area contributed by atoms with E-state index in [0.29, 0.717) is 5.96 Å². The van der Waals surface area contributed by atoms with Crippen molar-refractivity contribution in [2.45, 2.75) is 6.10 Å². The van der Waals surface area contributed by atoms with Crippen molar-refractivity contribution in [1.82, 2.24) is 14.9 Å². The summed E-state index contributed by atoms with van der Waals surface area (Å²) in [6.07, 6.45) is 2.86. The molecule has 4 rings (SSSR count). The second-order valence-electron chi connectivity index (χ2n) is 6.42. The average Bonchev–Trinajstić information content (AvgIpc) is 3.17. The van der Waals surface area contributed by atoms with E-state index in [1.807, 2.05) is 29.2 Å². The van der Waals surface area contributed by atoms with Crippen LogP contribution in [0.2, 0.25) is 0 Å². The van der Waals surface area contributed by atoms with Crippen LogP contribution in [-0.2, 0) is 0 Å². The largest absolute Gasteiger partial charge is 0.386 e. The van der Waals surface area contributed by atoms with Crippen molar-refractivity contribution in [1.29, 1.82) is 0 Å². The average molecular weight is 382 g/mol. The zero-order chi connectivity index (χ0) is 18.6. The van der Waals surface area contributed by atoms with Crippen molar-refractivity contribution in [3.63, 3.8) is 0 Å². The molecule has 1 aliphatic heterocycles. The van der Waals surface area contributed by atoms with Crippen LogP contribution in [0.1, 0.15) is 11.0 Å². The van der Waals surface area contributed by atoms with E-state index in [0.717, 1.165) is 42.4 Å². The van der Waals surface area contributed by atoms with Gasteiger partial charge in [-0.1, -0.05) is 18.2 Å². The number of aliphatic imine (C=N–C) groups is 1. The summed E-state index contributed by atoms with van der Waals surface area (Å²) >= 11 is 1.60. The first kappa shape index (κ1) is 17.7. The maximum atomic E-state index is 10.5. The SMILES string of the molecule is NC(=NCC(O)c1cc2ccccc2s1)N1CCN(c2ncccn2)CC1. The Hall–Kier alpha value is -2.71. The fourth-order valence-corrected chi connectivity index (χ4v) is 4.17. The molecule has 3 N–H and O–H groups in total. The van der Waals surface area contributed by atoms with E-state index >= 15 is 0 Å².